The summed E-state index contributed by atoms with van der Waals surface area (Å²) in [6.07, 6.45) is 1.79. The van der Waals surface area contributed by atoms with E-state index < -0.39 is 40.2 Å². The molecule has 39 heavy (non-hydrogen) atoms. The van der Waals surface area contributed by atoms with Gasteiger partial charge >= 0.3 is 0 Å². The minimum absolute atomic E-state index is 0.129. The van der Waals surface area contributed by atoms with Crippen LogP contribution in [0.4, 0.5) is 10.1 Å². The number of rotatable bonds is 12. The van der Waals surface area contributed by atoms with Crippen molar-refractivity contribution in [1.29, 1.82) is 0 Å². The number of para-hydroxylation sites is 1. The molecule has 1 N–H and O–H groups in total. The SMILES string of the molecule is CC[C@H](C)NC(=O)[C@@H](Cc1ccccc1)N(Cc1ccccc1F)C(=O)CN(c1ccccc1Cl)S(C)(=O)=O. The molecule has 0 fully saturated rings. The monoisotopic (exact) mass is 573 g/mol. The summed E-state index contributed by atoms with van der Waals surface area (Å²) in [7, 11) is -3.95. The molecule has 0 aliphatic carbocycles. The zero-order chi connectivity index (χ0) is 28.6. The molecule has 2 atom stereocenters. The van der Waals surface area contributed by atoms with Crippen LogP contribution in [0, 0.1) is 5.82 Å². The van der Waals surface area contributed by atoms with Gasteiger partial charge in [-0.3, -0.25) is 13.9 Å². The highest BCUT2D eigenvalue weighted by Gasteiger charge is 2.34. The molecular weight excluding hydrogens is 541 g/mol. The molecule has 208 valence electrons. The van der Waals surface area contributed by atoms with E-state index in [1.807, 2.05) is 44.2 Å². The summed E-state index contributed by atoms with van der Waals surface area (Å²) in [6.45, 7) is 2.91. The number of hydrogen-bond donors (Lipinski definition) is 1. The third-order valence-corrected chi connectivity index (χ3v) is 7.82. The molecular formula is C29H33ClFN3O4S. The highest BCUT2D eigenvalue weighted by molar-refractivity contribution is 7.92. The molecule has 3 rings (SSSR count). The Balaban J connectivity index is 2.08. The average molecular weight is 574 g/mol. The van der Waals surface area contributed by atoms with Crippen molar-refractivity contribution >= 4 is 39.1 Å². The van der Waals surface area contributed by atoms with E-state index in [-0.39, 0.29) is 35.3 Å². The van der Waals surface area contributed by atoms with Crippen LogP contribution in [0.3, 0.4) is 0 Å². The van der Waals surface area contributed by atoms with Crippen molar-refractivity contribution in [2.24, 2.45) is 0 Å². The third kappa shape index (κ3) is 8.28. The molecule has 0 saturated carbocycles. The predicted octanol–water partition coefficient (Wildman–Crippen LogP) is 4.80. The van der Waals surface area contributed by atoms with E-state index in [0.29, 0.717) is 6.42 Å². The van der Waals surface area contributed by atoms with E-state index in [4.69, 9.17) is 11.6 Å². The van der Waals surface area contributed by atoms with Gasteiger partial charge in [0, 0.05) is 24.6 Å². The molecule has 0 bridgehead atoms. The van der Waals surface area contributed by atoms with Crippen LogP contribution < -0.4 is 9.62 Å². The van der Waals surface area contributed by atoms with Gasteiger partial charge in [0.25, 0.3) is 0 Å². The lowest BCUT2D eigenvalue weighted by Gasteiger charge is -2.34. The minimum atomic E-state index is -3.95. The van der Waals surface area contributed by atoms with Gasteiger partial charge in [0.05, 0.1) is 17.0 Å². The molecule has 7 nitrogen and oxygen atoms in total. The van der Waals surface area contributed by atoms with Crippen LogP contribution in [0.2, 0.25) is 5.02 Å². The van der Waals surface area contributed by atoms with Gasteiger partial charge in [-0.05, 0) is 37.1 Å². The van der Waals surface area contributed by atoms with E-state index >= 15 is 0 Å². The van der Waals surface area contributed by atoms with Crippen LogP contribution in [0.15, 0.2) is 78.9 Å². The highest BCUT2D eigenvalue weighted by Crippen LogP contribution is 2.28. The molecule has 3 aromatic carbocycles. The third-order valence-electron chi connectivity index (χ3n) is 6.37. The number of benzene rings is 3. The van der Waals surface area contributed by atoms with Crippen molar-refractivity contribution in [3.8, 4) is 0 Å². The van der Waals surface area contributed by atoms with Crippen LogP contribution in [-0.2, 0) is 32.6 Å². The van der Waals surface area contributed by atoms with Gasteiger partial charge in [0.2, 0.25) is 21.8 Å². The zero-order valence-corrected chi connectivity index (χ0v) is 23.8. The number of carbonyl (C=O) groups is 2. The lowest BCUT2D eigenvalue weighted by Crippen LogP contribution is -2.54. The molecule has 0 aliphatic heterocycles. The molecule has 0 unspecified atom stereocenters. The predicted molar refractivity (Wildman–Crippen MR) is 152 cm³/mol. The number of hydrogen-bond acceptors (Lipinski definition) is 4. The quantitative estimate of drug-likeness (QED) is 0.337. The average Bonchev–Trinajstić information content (AvgIpc) is 2.90. The summed E-state index contributed by atoms with van der Waals surface area (Å²) < 4.78 is 41.3. The summed E-state index contributed by atoms with van der Waals surface area (Å²) in [6, 6.07) is 20.2. The summed E-state index contributed by atoms with van der Waals surface area (Å²) in [4.78, 5) is 28.8. The summed E-state index contributed by atoms with van der Waals surface area (Å²) in [5.41, 5.74) is 1.12. The van der Waals surface area contributed by atoms with Gasteiger partial charge in [-0.1, -0.05) is 79.2 Å². The molecule has 2 amide bonds. The van der Waals surface area contributed by atoms with Crippen LogP contribution >= 0.6 is 11.6 Å². The minimum Gasteiger partial charge on any atom is -0.352 e. The highest BCUT2D eigenvalue weighted by atomic mass is 35.5. The second-order valence-corrected chi connectivity index (χ2v) is 11.7. The number of carbonyl (C=O) groups excluding carboxylic acids is 2. The lowest BCUT2D eigenvalue weighted by molar-refractivity contribution is -0.140. The maximum Gasteiger partial charge on any atom is 0.244 e. The van der Waals surface area contributed by atoms with Gasteiger partial charge in [0.1, 0.15) is 18.4 Å². The van der Waals surface area contributed by atoms with Gasteiger partial charge in [-0.15, -0.1) is 0 Å². The Hall–Kier alpha value is -3.43. The van der Waals surface area contributed by atoms with Crippen molar-refractivity contribution in [2.75, 3.05) is 17.1 Å². The summed E-state index contributed by atoms with van der Waals surface area (Å²) in [5.74, 6) is -1.63. The van der Waals surface area contributed by atoms with Gasteiger partial charge in [0.15, 0.2) is 0 Å². The standard InChI is InChI=1S/C29H33ClFN3O4S/c1-4-21(2)32-29(36)27(18-22-12-6-5-7-13-22)33(19-23-14-8-10-16-25(23)31)28(35)20-34(39(3,37)38)26-17-11-9-15-24(26)30/h5-17,21,27H,4,18-20H2,1-3H3,(H,32,36)/t21-,27+/m0/s1. The largest absolute Gasteiger partial charge is 0.352 e. The lowest BCUT2D eigenvalue weighted by atomic mass is 10.0. The Morgan fingerprint density at radius 2 is 1.59 bits per heavy atom. The van der Waals surface area contributed by atoms with E-state index in [1.165, 1.54) is 35.2 Å². The molecule has 0 saturated heterocycles. The van der Waals surface area contributed by atoms with Gasteiger partial charge in [-0.2, -0.15) is 0 Å². The van der Waals surface area contributed by atoms with Crippen LogP contribution in [-0.4, -0.2) is 50.0 Å². The molecule has 10 heteroatoms. The van der Waals surface area contributed by atoms with Crippen molar-refractivity contribution in [3.63, 3.8) is 0 Å². The molecule has 0 aromatic heterocycles. The van der Waals surface area contributed by atoms with E-state index in [0.717, 1.165) is 16.1 Å². The number of sulfonamides is 1. The second-order valence-electron chi connectivity index (χ2n) is 9.36. The van der Waals surface area contributed by atoms with E-state index in [1.54, 1.807) is 18.2 Å². The van der Waals surface area contributed by atoms with Crippen molar-refractivity contribution < 1.29 is 22.4 Å². The van der Waals surface area contributed by atoms with Gasteiger partial charge in [-0.25, -0.2) is 12.8 Å². The Morgan fingerprint density at radius 3 is 2.21 bits per heavy atom. The van der Waals surface area contributed by atoms with Crippen molar-refractivity contribution in [2.45, 2.75) is 45.3 Å². The number of halogens is 2. The van der Waals surface area contributed by atoms with Crippen molar-refractivity contribution in [1.82, 2.24) is 10.2 Å². The van der Waals surface area contributed by atoms with Crippen LogP contribution in [0.5, 0.6) is 0 Å². The smallest absolute Gasteiger partial charge is 0.244 e. The number of nitrogens with one attached hydrogen (secondary N) is 1. The fraction of sp³-hybridized carbons (Fsp3) is 0.310. The zero-order valence-electron chi connectivity index (χ0n) is 22.2. The Bertz CT molecular complexity index is 1390. The summed E-state index contributed by atoms with van der Waals surface area (Å²) >= 11 is 6.29. The van der Waals surface area contributed by atoms with E-state index in [2.05, 4.69) is 5.32 Å². The first-order valence-corrected chi connectivity index (χ1v) is 14.8. The molecule has 0 spiro atoms. The Labute approximate surface area is 234 Å². The number of anilines is 1. The Morgan fingerprint density at radius 1 is 0.974 bits per heavy atom. The first-order chi connectivity index (χ1) is 18.5. The fourth-order valence-corrected chi connectivity index (χ4v) is 5.20. The van der Waals surface area contributed by atoms with Crippen molar-refractivity contribution in [3.05, 3.63) is 101 Å². The second kappa shape index (κ2) is 13.6. The summed E-state index contributed by atoms with van der Waals surface area (Å²) in [5, 5.41) is 3.08. The first kappa shape index (κ1) is 30.1. The Kier molecular flexibility index (Phi) is 10.5. The first-order valence-electron chi connectivity index (χ1n) is 12.6. The number of nitrogens with zero attached hydrogens (tertiary/aromatic N) is 2. The fourth-order valence-electron chi connectivity index (χ4n) is 4.05. The number of amides is 2. The maximum atomic E-state index is 14.8. The molecule has 3 aromatic rings. The van der Waals surface area contributed by atoms with Crippen LogP contribution in [0.25, 0.3) is 0 Å². The van der Waals surface area contributed by atoms with E-state index in [9.17, 15) is 22.4 Å². The van der Waals surface area contributed by atoms with Crippen LogP contribution in [0.1, 0.15) is 31.4 Å². The maximum absolute atomic E-state index is 14.8. The molecule has 0 radical (unpaired) electrons. The molecule has 0 aliphatic rings. The topological polar surface area (TPSA) is 86.8 Å². The normalized spacial score (nSPS) is 12.8. The van der Waals surface area contributed by atoms with Gasteiger partial charge < -0.3 is 10.2 Å². The molecule has 0 heterocycles.